The zero-order valence-electron chi connectivity index (χ0n) is 43.2. The maximum atomic E-state index is 5.31. The van der Waals surface area contributed by atoms with E-state index in [2.05, 4.69) is 143 Å². The quantitative estimate of drug-likeness (QED) is 0.129. The van der Waals surface area contributed by atoms with Crippen LogP contribution in [0.25, 0.3) is 10.6 Å². The Hall–Kier alpha value is 0.212. The third-order valence-corrected chi connectivity index (χ3v) is 10.6. The fraction of sp³-hybridized carbons (Fsp3) is 0.731. The van der Waals surface area contributed by atoms with Crippen molar-refractivity contribution in [3.05, 3.63) is 69.3 Å². The van der Waals surface area contributed by atoms with E-state index < -0.39 is 0 Å². The number of nitrogens with zero attached hydrogens (tertiary/aromatic N) is 2. The van der Waals surface area contributed by atoms with Crippen molar-refractivity contribution in [2.45, 2.75) is 172 Å². The summed E-state index contributed by atoms with van der Waals surface area (Å²) in [6, 6.07) is 13.3. The predicted molar refractivity (Wildman–Crippen MR) is 268 cm³/mol. The van der Waals surface area contributed by atoms with Crippen molar-refractivity contribution in [2.75, 3.05) is 65.9 Å². The molecule has 4 fully saturated rings. The summed E-state index contributed by atoms with van der Waals surface area (Å²) >= 11 is 0. The van der Waals surface area contributed by atoms with Gasteiger partial charge < -0.3 is 76.9 Å². The van der Waals surface area contributed by atoms with E-state index in [0.717, 1.165) is 89.0 Å². The average Bonchev–Trinajstić information content (AvgIpc) is 4.05. The SMILES string of the molecule is C1CCOC1.C1CCOC1.C1CCOC1.C1CCOC1.CC(C)c1cccc(C(C)C)c1[N-]C(=[NH+]CC[NH+]=C([N-]c1c(C(C)C)cccc1C(C)C)C(C)(C)C)C(C)(C)C.[I-].[I-].[Mg+2].[Mg+2]. The van der Waals surface area contributed by atoms with Gasteiger partial charge in [-0.15, -0.1) is 0 Å². The summed E-state index contributed by atoms with van der Waals surface area (Å²) in [5.41, 5.74) is 7.26. The van der Waals surface area contributed by atoms with Crippen LogP contribution in [0.1, 0.15) is 194 Å². The van der Waals surface area contributed by atoms with E-state index in [-0.39, 0.29) is 105 Å². The second-order valence-corrected chi connectivity index (χ2v) is 19.7. The monoisotopic (exact) mass is 1140 g/mol. The number of ether oxygens (including phenoxy) is 4. The van der Waals surface area contributed by atoms with Gasteiger partial charge in [-0.25, -0.2) is 10.6 Å². The van der Waals surface area contributed by atoms with Crippen molar-refractivity contribution in [2.24, 2.45) is 10.8 Å². The van der Waals surface area contributed by atoms with Gasteiger partial charge in [0.15, 0.2) is 0 Å². The number of para-hydroxylation sites is 2. The summed E-state index contributed by atoms with van der Waals surface area (Å²) in [6.07, 6.45) is 10.2. The van der Waals surface area contributed by atoms with Crippen LogP contribution in [0.15, 0.2) is 36.4 Å². The van der Waals surface area contributed by atoms with Crippen molar-refractivity contribution in [1.82, 2.24) is 0 Å². The number of amidine groups is 2. The Morgan fingerprint density at radius 2 is 0.641 bits per heavy atom. The molecule has 12 heteroatoms. The average molecular weight is 1140 g/mol. The van der Waals surface area contributed by atoms with Crippen LogP contribution in [0.2, 0.25) is 0 Å². The first kappa shape index (κ1) is 68.5. The second-order valence-electron chi connectivity index (χ2n) is 19.7. The zero-order valence-corrected chi connectivity index (χ0v) is 50.3. The minimum absolute atomic E-state index is 0. The van der Waals surface area contributed by atoms with Gasteiger partial charge in [-0.05, 0) is 97.3 Å². The molecule has 0 bridgehead atoms. The smallest absolute Gasteiger partial charge is 1.00 e. The normalized spacial score (nSPS) is 16.0. The third-order valence-electron chi connectivity index (χ3n) is 10.6. The Bertz CT molecular complexity index is 1310. The topological polar surface area (TPSA) is 93.1 Å². The van der Waals surface area contributed by atoms with E-state index in [1.807, 2.05) is 0 Å². The van der Waals surface area contributed by atoms with Crippen LogP contribution in [0.5, 0.6) is 0 Å². The summed E-state index contributed by atoms with van der Waals surface area (Å²) in [6.45, 7) is 40.9. The number of hydrogen-bond donors (Lipinski definition) is 2. The second kappa shape index (κ2) is 38.0. The minimum atomic E-state index is -0.109. The molecule has 358 valence electrons. The number of rotatable bonds is 9. The van der Waals surface area contributed by atoms with Gasteiger partial charge in [-0.1, -0.05) is 133 Å². The third kappa shape index (κ3) is 28.0. The standard InChI is InChI=1S/C36H56N4.4C4H8O.2HI.2Mg/c1-23(2)27-17-15-18-28(24(3)4)31(27)39-33(35(9,10)11)37-21-22-38-34(36(12,13)14)40-32-29(25(5)6)19-16-20-30(32)26(7)8;4*1-2-4-5-3-1;;;;/h15-20,23-26H,21-22H2,1-14H3;4*1-4H2;2*1H;;/q-2;;;;;;;2*+2. The molecular weight excluding hydrogens is 1050 g/mol. The van der Waals surface area contributed by atoms with Crippen molar-refractivity contribution in [1.29, 1.82) is 0 Å². The Kier molecular flexibility index (Phi) is 40.7. The summed E-state index contributed by atoms with van der Waals surface area (Å²) < 4.78 is 19.8. The van der Waals surface area contributed by atoms with Gasteiger partial charge in [0.1, 0.15) is 11.7 Å². The fourth-order valence-electron chi connectivity index (χ4n) is 6.85. The molecule has 4 aliphatic rings. The van der Waals surface area contributed by atoms with Crippen LogP contribution in [-0.2, 0) is 18.9 Å². The largest absolute Gasteiger partial charge is 2.00 e. The van der Waals surface area contributed by atoms with E-state index in [0.29, 0.717) is 23.7 Å². The molecule has 64 heavy (non-hydrogen) atoms. The minimum Gasteiger partial charge on any atom is -1.00 e. The molecule has 6 rings (SSSR count). The summed E-state index contributed by atoms with van der Waals surface area (Å²) in [7, 11) is 0. The van der Waals surface area contributed by atoms with Gasteiger partial charge in [0.05, 0.1) is 11.4 Å². The van der Waals surface area contributed by atoms with Crippen molar-refractivity contribution in [3.8, 4) is 0 Å². The molecule has 2 aromatic carbocycles. The molecule has 0 amide bonds. The Morgan fingerprint density at radius 3 is 0.781 bits per heavy atom. The molecule has 0 radical (unpaired) electrons. The van der Waals surface area contributed by atoms with Crippen LogP contribution in [-0.4, -0.2) is 124 Å². The van der Waals surface area contributed by atoms with Crippen LogP contribution in [0.4, 0.5) is 11.4 Å². The maximum absolute atomic E-state index is 5.31. The Morgan fingerprint density at radius 1 is 0.438 bits per heavy atom. The molecule has 0 aromatic heterocycles. The van der Waals surface area contributed by atoms with Crippen LogP contribution >= 0.6 is 0 Å². The predicted octanol–water partition coefficient (Wildman–Crippen LogP) is 4.37. The maximum Gasteiger partial charge on any atom is 2.00 e. The van der Waals surface area contributed by atoms with Gasteiger partial charge in [0.25, 0.3) is 0 Å². The van der Waals surface area contributed by atoms with Crippen molar-refractivity contribution in [3.63, 3.8) is 0 Å². The molecule has 0 unspecified atom stereocenters. The molecular formula is C52H90I2Mg2N4O4+2. The molecule has 0 saturated carbocycles. The summed E-state index contributed by atoms with van der Waals surface area (Å²) in [5, 5.41) is 10.6. The molecule has 0 spiro atoms. The Balaban J connectivity index is -0.00000125. The fourth-order valence-corrected chi connectivity index (χ4v) is 6.85. The van der Waals surface area contributed by atoms with Crippen LogP contribution < -0.4 is 57.9 Å². The van der Waals surface area contributed by atoms with Crippen LogP contribution in [0.3, 0.4) is 0 Å². The van der Waals surface area contributed by atoms with E-state index in [1.54, 1.807) is 0 Å². The number of nitrogens with one attached hydrogen (secondary N) is 2. The van der Waals surface area contributed by atoms with Crippen LogP contribution in [0, 0.1) is 10.8 Å². The first-order chi connectivity index (χ1) is 28.4. The summed E-state index contributed by atoms with van der Waals surface area (Å²) in [4.78, 5) is 7.41. The molecule has 2 aromatic rings. The molecule has 4 heterocycles. The number of hydrogen-bond acceptors (Lipinski definition) is 4. The molecule has 8 nitrogen and oxygen atoms in total. The van der Waals surface area contributed by atoms with Gasteiger partial charge in [0.2, 0.25) is 0 Å². The van der Waals surface area contributed by atoms with E-state index in [1.165, 1.54) is 73.6 Å². The molecule has 2 N–H and O–H groups in total. The van der Waals surface area contributed by atoms with Gasteiger partial charge >= 0.3 is 46.1 Å². The Labute approximate surface area is 459 Å². The first-order valence-electron chi connectivity index (χ1n) is 23.7. The molecule has 0 atom stereocenters. The molecule has 4 aliphatic heterocycles. The van der Waals surface area contributed by atoms with Gasteiger partial charge in [0, 0.05) is 76.8 Å². The summed E-state index contributed by atoms with van der Waals surface area (Å²) in [5.74, 6) is 3.69. The van der Waals surface area contributed by atoms with E-state index >= 15 is 0 Å². The first-order valence-corrected chi connectivity index (χ1v) is 23.7. The van der Waals surface area contributed by atoms with Gasteiger partial charge in [-0.2, -0.15) is 0 Å². The number of halogens is 2. The van der Waals surface area contributed by atoms with Crippen molar-refractivity contribution < 1.29 is 76.9 Å². The zero-order chi connectivity index (χ0) is 44.6. The van der Waals surface area contributed by atoms with Gasteiger partial charge in [-0.3, -0.25) is 0 Å². The molecule has 0 aliphatic carbocycles. The van der Waals surface area contributed by atoms with E-state index in [4.69, 9.17) is 29.6 Å². The van der Waals surface area contributed by atoms with E-state index in [9.17, 15) is 0 Å². The van der Waals surface area contributed by atoms with Crippen molar-refractivity contribution >= 4 is 69.2 Å². The molecule has 4 saturated heterocycles. The number of benzene rings is 2.